The molecule has 4 aromatic carbocycles. The Bertz CT molecular complexity index is 3260. The van der Waals surface area contributed by atoms with Gasteiger partial charge in [-0.3, -0.25) is 19.2 Å². The highest BCUT2D eigenvalue weighted by Crippen LogP contribution is 2.52. The molecular formula is C87H142N8O4S. The number of nitrogens with zero attached hydrogens (tertiary/aromatic N) is 4. The standard InChI is InChI=1S/C25H40N2O.C22H34N2O.C21H32N2OS.C19H28N2O.4H2/c1-19(18-24(3,4)5)11-15-27-16-13-25(14-17-27)12-10-23(26-20(2)28)21-8-6-7-9-22(21)25;1-4-18(5-2)16-24-14-12-22(13-15-24)11-10-21(23-17(3)25)19-8-6-7-9-20(19)22;1-16(25-3)9-13-23-14-11-21(12-15-23)10-8-20(22-17(2)24)18-6-4-5-7-19(18)21;1-3-12-21-13-10-19(11-14-21)9-8-18(20-15(2)22)16-6-4-5-7-17(16)19;;;;/h6-9,19,23H,10-18H2,1-5H3,(H,26,28);6-9,18,21H,4-5,10-16H2,1-3H3,(H,23,25);4-7,16,20H,8-15H2,1-3H3,(H,22,24);4-7,18H,3,8-14H2,1-2H3,(H,20,22);4*1H/t19?,23-;21-;16?,20-;18-;;;;/m0000..../s1. The highest BCUT2D eigenvalue weighted by molar-refractivity contribution is 7.99. The second kappa shape index (κ2) is 36.6. The zero-order chi connectivity index (χ0) is 71.7. The molecule has 0 radical (unpaired) electrons. The summed E-state index contributed by atoms with van der Waals surface area (Å²) in [7, 11) is 0. The molecule has 8 aliphatic rings. The van der Waals surface area contributed by atoms with Crippen molar-refractivity contribution in [2.45, 2.75) is 275 Å². The van der Waals surface area contributed by atoms with Gasteiger partial charge in [-0.1, -0.05) is 165 Å². The number of carbonyl (C=O) groups is 4. The number of amides is 4. The van der Waals surface area contributed by atoms with Crippen LogP contribution in [0.3, 0.4) is 0 Å². The number of hydrogen-bond acceptors (Lipinski definition) is 9. The summed E-state index contributed by atoms with van der Waals surface area (Å²) in [6, 6.07) is 36.1. The van der Waals surface area contributed by atoms with Crippen LogP contribution in [0.1, 0.15) is 299 Å². The maximum Gasteiger partial charge on any atom is 0.217 e. The highest BCUT2D eigenvalue weighted by atomic mass is 32.2. The van der Waals surface area contributed by atoms with E-state index >= 15 is 0 Å². The normalized spacial score (nSPS) is 23.5. The molecule has 2 unspecified atom stereocenters. The molecule has 0 bridgehead atoms. The Morgan fingerprint density at radius 1 is 0.440 bits per heavy atom. The summed E-state index contributed by atoms with van der Waals surface area (Å²) in [6.45, 7) is 39.9. The number of thioether (sulfide) groups is 1. The SMILES string of the molecule is CC(=O)N[C@H]1CCC2(CCN(CCC(C)CC(C)(C)C)CC2)c2ccccc21.CCC(CC)CN1CCC2(CC[C@H](NC(C)=O)c3ccccc32)CC1.CCCN1CCC2(CC[C@H](NC(C)=O)c3ccccc32)CC1.CSC(C)CCN1CCC2(CC[C@H](NC(C)=O)c3ccccc32)CC1.[HH].[HH].[HH].[HH]. The zero-order valence-corrected chi connectivity index (χ0v) is 65.5. The van der Waals surface area contributed by atoms with Gasteiger partial charge in [0.05, 0.1) is 24.2 Å². The summed E-state index contributed by atoms with van der Waals surface area (Å²) in [5, 5.41) is 13.4. The van der Waals surface area contributed by atoms with E-state index in [1.54, 1.807) is 27.7 Å². The monoisotopic (exact) mass is 1400 g/mol. The minimum Gasteiger partial charge on any atom is -0.350 e. The van der Waals surface area contributed by atoms with E-state index in [2.05, 4.69) is 200 Å². The summed E-state index contributed by atoms with van der Waals surface area (Å²) < 4.78 is 0. The van der Waals surface area contributed by atoms with E-state index < -0.39 is 0 Å². The topological polar surface area (TPSA) is 129 Å². The first kappa shape index (κ1) is 79.1. The Labute approximate surface area is 617 Å². The number of likely N-dealkylation sites (tertiary alicyclic amines) is 4. The number of hydrogen-bond donors (Lipinski definition) is 4. The van der Waals surface area contributed by atoms with Crippen LogP contribution >= 0.6 is 11.8 Å². The summed E-state index contributed by atoms with van der Waals surface area (Å²) in [4.78, 5) is 56.9. The van der Waals surface area contributed by atoms with Gasteiger partial charge in [-0.05, 0) is 290 Å². The van der Waals surface area contributed by atoms with Crippen molar-refractivity contribution >= 4 is 35.4 Å². The van der Waals surface area contributed by atoms with Gasteiger partial charge in [0, 0.05) is 45.2 Å². The first-order valence-corrected chi connectivity index (χ1v) is 41.1. The number of fused-ring (bicyclic) bond motifs is 8. The Kier molecular flexibility index (Phi) is 28.9. The summed E-state index contributed by atoms with van der Waals surface area (Å²) in [5.74, 6) is 1.95. The quantitative estimate of drug-likeness (QED) is 0.0770. The lowest BCUT2D eigenvalue weighted by Crippen LogP contribution is -2.47. The first-order chi connectivity index (χ1) is 47.9. The minimum absolute atomic E-state index is 0. The number of benzene rings is 4. The Morgan fingerprint density at radius 2 is 0.720 bits per heavy atom. The molecule has 6 atom stereocenters. The van der Waals surface area contributed by atoms with E-state index in [1.165, 1.54) is 239 Å². The highest BCUT2D eigenvalue weighted by Gasteiger charge is 2.46. The second-order valence-electron chi connectivity index (χ2n) is 33.6. The summed E-state index contributed by atoms with van der Waals surface area (Å²) in [5.41, 5.74) is 13.2. The molecule has 4 saturated heterocycles. The van der Waals surface area contributed by atoms with Crippen LogP contribution in [0.15, 0.2) is 97.1 Å². The number of rotatable bonds is 18. The molecule has 0 aromatic heterocycles. The van der Waals surface area contributed by atoms with Gasteiger partial charge in [-0.25, -0.2) is 0 Å². The number of carbonyl (C=O) groups excluding carboxylic acids is 4. The fraction of sp³-hybridized carbons (Fsp3) is 0.678. The molecule has 12 nitrogen and oxygen atoms in total. The molecule has 4 fully saturated rings. The zero-order valence-electron chi connectivity index (χ0n) is 64.7. The van der Waals surface area contributed by atoms with Crippen molar-refractivity contribution in [3.8, 4) is 0 Å². The predicted octanol–water partition coefficient (Wildman–Crippen LogP) is 18.4. The third-order valence-electron chi connectivity index (χ3n) is 25.4. The van der Waals surface area contributed by atoms with Crippen LogP contribution in [0, 0.1) is 17.3 Å². The van der Waals surface area contributed by atoms with E-state index in [0.29, 0.717) is 27.1 Å². The van der Waals surface area contributed by atoms with Crippen LogP contribution in [0.2, 0.25) is 0 Å². The van der Waals surface area contributed by atoms with Crippen molar-refractivity contribution in [3.05, 3.63) is 142 Å². The largest absolute Gasteiger partial charge is 0.350 e. The van der Waals surface area contributed by atoms with Gasteiger partial charge in [0.15, 0.2) is 0 Å². The molecule has 4 spiro atoms. The van der Waals surface area contributed by atoms with Crippen LogP contribution in [-0.2, 0) is 40.8 Å². The van der Waals surface area contributed by atoms with Gasteiger partial charge < -0.3 is 40.9 Å². The van der Waals surface area contributed by atoms with Gasteiger partial charge in [0.1, 0.15) is 0 Å². The van der Waals surface area contributed by atoms with Crippen molar-refractivity contribution < 1.29 is 24.9 Å². The average molecular weight is 1400 g/mol. The van der Waals surface area contributed by atoms with E-state index in [0.717, 1.165) is 42.8 Å². The van der Waals surface area contributed by atoms with Crippen molar-refractivity contribution in [3.63, 3.8) is 0 Å². The fourth-order valence-corrected chi connectivity index (χ4v) is 20.0. The maximum atomic E-state index is 11.6. The second-order valence-corrected chi connectivity index (χ2v) is 34.9. The lowest BCUT2D eigenvalue weighted by Gasteiger charge is -2.47. The lowest BCUT2D eigenvalue weighted by atomic mass is 9.63. The van der Waals surface area contributed by atoms with Crippen molar-refractivity contribution in [1.82, 2.24) is 40.9 Å². The minimum atomic E-state index is 0. The van der Waals surface area contributed by atoms with Crippen LogP contribution in [0.25, 0.3) is 0 Å². The third kappa shape index (κ3) is 20.7. The van der Waals surface area contributed by atoms with Crippen molar-refractivity contribution in [1.29, 1.82) is 0 Å². The van der Waals surface area contributed by atoms with Gasteiger partial charge in [0.25, 0.3) is 0 Å². The Morgan fingerprint density at radius 3 is 0.990 bits per heavy atom. The van der Waals surface area contributed by atoms with E-state index in [9.17, 15) is 19.2 Å². The van der Waals surface area contributed by atoms with Crippen LogP contribution < -0.4 is 21.3 Å². The summed E-state index contributed by atoms with van der Waals surface area (Å²) in [6.07, 6.45) is 29.1. The molecule has 560 valence electrons. The smallest absolute Gasteiger partial charge is 0.217 e. The molecule has 0 saturated carbocycles. The number of piperidine rings is 4. The van der Waals surface area contributed by atoms with Crippen molar-refractivity contribution in [2.24, 2.45) is 17.3 Å². The molecule has 4 amide bonds. The molecule has 4 aromatic rings. The molecule has 4 N–H and O–H groups in total. The molecule has 4 aliphatic heterocycles. The van der Waals surface area contributed by atoms with Crippen LogP contribution in [0.5, 0.6) is 0 Å². The van der Waals surface area contributed by atoms with E-state index in [-0.39, 0.29) is 53.5 Å². The molecule has 13 heteroatoms. The Hall–Kier alpha value is -5.05. The van der Waals surface area contributed by atoms with E-state index in [1.807, 2.05) is 11.8 Å². The average Bonchev–Trinajstić information content (AvgIpc) is 0.779. The van der Waals surface area contributed by atoms with Gasteiger partial charge >= 0.3 is 0 Å². The lowest BCUT2D eigenvalue weighted by molar-refractivity contribution is -0.120. The van der Waals surface area contributed by atoms with E-state index in [4.69, 9.17) is 0 Å². The number of nitrogens with one attached hydrogen (secondary N) is 4. The predicted molar refractivity (Wildman–Crippen MR) is 427 cm³/mol. The van der Waals surface area contributed by atoms with Crippen LogP contribution in [-0.4, -0.2) is 133 Å². The molecule has 100 heavy (non-hydrogen) atoms. The van der Waals surface area contributed by atoms with Gasteiger partial charge in [0.2, 0.25) is 23.6 Å². The van der Waals surface area contributed by atoms with Gasteiger partial charge in [-0.2, -0.15) is 11.8 Å². The molecular weight excluding hydrogens is 1250 g/mol. The molecule has 12 rings (SSSR count). The summed E-state index contributed by atoms with van der Waals surface area (Å²) >= 11 is 1.97. The maximum absolute atomic E-state index is 11.6. The van der Waals surface area contributed by atoms with Gasteiger partial charge in [-0.15, -0.1) is 0 Å². The first-order valence-electron chi connectivity index (χ1n) is 39.8. The molecule has 4 aliphatic carbocycles. The third-order valence-corrected chi connectivity index (χ3v) is 26.4. The molecule has 4 heterocycles. The van der Waals surface area contributed by atoms with Crippen LogP contribution in [0.4, 0.5) is 0 Å². The Balaban J connectivity index is 0.000000247. The fourth-order valence-electron chi connectivity index (χ4n) is 19.7. The van der Waals surface area contributed by atoms with Crippen molar-refractivity contribution in [2.75, 3.05) is 84.8 Å².